The number of aliphatic carboxylic acids is 1. The van der Waals surface area contributed by atoms with Crippen LogP contribution in [0, 0.1) is 5.92 Å². The third-order valence-electron chi connectivity index (χ3n) is 6.42. The number of carboxylic acid groups (broad SMARTS) is 1. The van der Waals surface area contributed by atoms with E-state index in [1.54, 1.807) is 30.3 Å². The fourth-order valence-electron chi connectivity index (χ4n) is 4.95. The fraction of sp³-hybridized carbons (Fsp3) is 0.250. The van der Waals surface area contributed by atoms with Crippen LogP contribution in [-0.4, -0.2) is 52.4 Å². The Morgan fingerprint density at radius 2 is 1.97 bits per heavy atom. The third kappa shape index (κ3) is 4.11. The summed E-state index contributed by atoms with van der Waals surface area (Å²) in [5.41, 5.74) is 6.46. The monoisotopic (exact) mass is 501 g/mol. The number of hydrogen-bond donors (Lipinski definition) is 3. The van der Waals surface area contributed by atoms with Crippen LogP contribution in [-0.2, 0) is 14.4 Å². The SMILES string of the molecule is C[C@@H](O)[C@H]1C(=O)N2C(C(=O)[O-])=C(c3cc(C(=O)NCC(N)=O)c4oc5ccccc5c4c3)C[C@H]12.[K+]. The van der Waals surface area contributed by atoms with Gasteiger partial charge >= 0.3 is 51.4 Å². The molecule has 2 aromatic carbocycles. The van der Waals surface area contributed by atoms with E-state index in [1.165, 1.54) is 13.0 Å². The number of carbonyl (C=O) groups excluding carboxylic acids is 4. The maximum Gasteiger partial charge on any atom is 1.00 e. The summed E-state index contributed by atoms with van der Waals surface area (Å²) in [5.74, 6) is -4.08. The van der Waals surface area contributed by atoms with Crippen LogP contribution in [0.2, 0.25) is 0 Å². The molecule has 3 amide bonds. The van der Waals surface area contributed by atoms with Crippen LogP contribution in [0.5, 0.6) is 0 Å². The summed E-state index contributed by atoms with van der Waals surface area (Å²) in [6, 6.07) is 9.78. The van der Waals surface area contributed by atoms with Gasteiger partial charge in [-0.25, -0.2) is 0 Å². The summed E-state index contributed by atoms with van der Waals surface area (Å²) in [7, 11) is 0. The van der Waals surface area contributed by atoms with Gasteiger partial charge in [0, 0.05) is 10.8 Å². The first-order chi connectivity index (χ1) is 16.2. The molecule has 0 spiro atoms. The van der Waals surface area contributed by atoms with Crippen LogP contribution in [0.3, 0.4) is 0 Å². The van der Waals surface area contributed by atoms with Crippen LogP contribution in [0.25, 0.3) is 27.5 Å². The van der Waals surface area contributed by atoms with Crippen molar-refractivity contribution in [2.45, 2.75) is 25.5 Å². The van der Waals surface area contributed by atoms with Gasteiger partial charge in [-0.1, -0.05) is 18.2 Å². The first-order valence-electron chi connectivity index (χ1n) is 10.7. The van der Waals surface area contributed by atoms with Crippen molar-refractivity contribution >= 4 is 51.2 Å². The van der Waals surface area contributed by atoms with Crippen molar-refractivity contribution in [1.29, 1.82) is 0 Å². The number of furan rings is 1. The quantitative estimate of drug-likeness (QED) is 0.237. The maximum atomic E-state index is 12.9. The van der Waals surface area contributed by atoms with E-state index >= 15 is 0 Å². The number of aliphatic hydroxyl groups excluding tert-OH is 1. The zero-order valence-corrected chi connectivity index (χ0v) is 22.2. The van der Waals surface area contributed by atoms with Crippen molar-refractivity contribution in [3.8, 4) is 0 Å². The molecule has 0 aliphatic carbocycles. The molecular weight excluding hydrogens is 481 g/mol. The molecule has 1 fully saturated rings. The predicted molar refractivity (Wildman–Crippen MR) is 118 cm³/mol. The molecule has 3 heterocycles. The zero-order valence-electron chi connectivity index (χ0n) is 19.0. The molecule has 3 atom stereocenters. The van der Waals surface area contributed by atoms with Gasteiger partial charge < -0.3 is 35.4 Å². The average molecular weight is 502 g/mol. The molecule has 0 saturated carbocycles. The van der Waals surface area contributed by atoms with E-state index in [2.05, 4.69) is 5.32 Å². The number of fused-ring (bicyclic) bond motifs is 4. The number of hydrogen-bond acceptors (Lipinski definition) is 7. The van der Waals surface area contributed by atoms with Gasteiger partial charge in [-0.2, -0.15) is 0 Å². The van der Waals surface area contributed by atoms with Crippen LogP contribution in [0.1, 0.15) is 29.3 Å². The van der Waals surface area contributed by atoms with Gasteiger partial charge in [0.15, 0.2) is 0 Å². The van der Waals surface area contributed by atoms with Crippen LogP contribution in [0.4, 0.5) is 0 Å². The summed E-state index contributed by atoms with van der Waals surface area (Å²) in [5, 5.41) is 25.7. The second kappa shape index (κ2) is 9.49. The number of β-lactam (4-membered cyclic amide) rings is 1. The minimum absolute atomic E-state index is 0. The Labute approximate surface area is 241 Å². The van der Waals surface area contributed by atoms with Gasteiger partial charge in [0.2, 0.25) is 11.8 Å². The van der Waals surface area contributed by atoms with Crippen molar-refractivity contribution in [2.75, 3.05) is 6.54 Å². The Hall–Kier alpha value is -2.54. The number of nitrogens with one attached hydrogen (secondary N) is 1. The number of nitrogens with zero attached hydrogens (tertiary/aromatic N) is 1. The number of aliphatic hydroxyl groups is 1. The van der Waals surface area contributed by atoms with Gasteiger partial charge in [0.1, 0.15) is 11.2 Å². The van der Waals surface area contributed by atoms with E-state index in [0.717, 1.165) is 4.90 Å². The molecule has 0 unspecified atom stereocenters. The van der Waals surface area contributed by atoms with Crippen molar-refractivity contribution in [2.24, 2.45) is 11.7 Å². The van der Waals surface area contributed by atoms with Crippen LogP contribution >= 0.6 is 0 Å². The van der Waals surface area contributed by atoms with Gasteiger partial charge in [-0.05, 0) is 42.7 Å². The second-order valence-electron chi connectivity index (χ2n) is 8.51. The number of benzene rings is 2. The Balaban J connectivity index is 0.00000289. The summed E-state index contributed by atoms with van der Waals surface area (Å²) < 4.78 is 5.90. The van der Waals surface area contributed by atoms with Crippen molar-refractivity contribution < 1.29 is 85.2 Å². The topological polar surface area (TPSA) is 166 Å². The van der Waals surface area contributed by atoms with Crippen molar-refractivity contribution in [3.05, 3.63) is 53.2 Å². The summed E-state index contributed by atoms with van der Waals surface area (Å²) in [4.78, 5) is 49.9. The summed E-state index contributed by atoms with van der Waals surface area (Å²) in [6.45, 7) is 1.10. The van der Waals surface area contributed by atoms with E-state index in [0.29, 0.717) is 27.5 Å². The molecule has 5 rings (SSSR count). The fourth-order valence-corrected chi connectivity index (χ4v) is 4.95. The Kier molecular flexibility index (Phi) is 6.93. The molecule has 10 nitrogen and oxygen atoms in total. The maximum absolute atomic E-state index is 12.9. The minimum Gasteiger partial charge on any atom is -0.543 e. The molecule has 4 N–H and O–H groups in total. The molecule has 2 aliphatic rings. The van der Waals surface area contributed by atoms with E-state index in [-0.39, 0.29) is 74.6 Å². The zero-order chi connectivity index (χ0) is 24.3. The molecule has 3 aromatic rings. The van der Waals surface area contributed by atoms with Gasteiger partial charge in [-0.3, -0.25) is 14.4 Å². The standard InChI is InChI=1S/C24H21N3O7.K/c1-10(28)19-16-8-13(20(24(32)33)27(16)23(19)31)11-6-14-12-4-2-3-5-17(12)34-21(14)15(7-11)22(30)26-9-18(25)29;/h2-7,10,16,19,28H,8-9H2,1H3,(H2,25,29)(H,26,30)(H,32,33);/q;+1/p-1/t10-,16-,19-;/m1./s1. The molecule has 35 heavy (non-hydrogen) atoms. The number of para-hydroxylation sites is 1. The number of rotatable bonds is 6. The first kappa shape index (κ1) is 25.5. The van der Waals surface area contributed by atoms with E-state index in [9.17, 15) is 29.4 Å². The van der Waals surface area contributed by atoms with Crippen LogP contribution < -0.4 is 67.5 Å². The average Bonchev–Trinajstić information content (AvgIpc) is 3.32. The van der Waals surface area contributed by atoms with Gasteiger partial charge in [0.05, 0.1) is 41.8 Å². The molecule has 11 heteroatoms. The largest absolute Gasteiger partial charge is 1.00 e. The van der Waals surface area contributed by atoms with Crippen molar-refractivity contribution in [1.82, 2.24) is 10.2 Å². The molecular formula is C24H20KN3O7. The number of primary amides is 1. The Bertz CT molecular complexity index is 1440. The van der Waals surface area contributed by atoms with Gasteiger partial charge in [0.25, 0.3) is 5.91 Å². The number of amides is 3. The van der Waals surface area contributed by atoms with E-state index in [1.807, 2.05) is 0 Å². The molecule has 0 bridgehead atoms. The molecule has 2 aliphatic heterocycles. The van der Waals surface area contributed by atoms with E-state index < -0.39 is 48.3 Å². The molecule has 0 radical (unpaired) electrons. The number of carbonyl (C=O) groups is 4. The molecule has 1 aromatic heterocycles. The van der Waals surface area contributed by atoms with E-state index in [4.69, 9.17) is 10.2 Å². The summed E-state index contributed by atoms with van der Waals surface area (Å²) >= 11 is 0. The van der Waals surface area contributed by atoms with Crippen molar-refractivity contribution in [3.63, 3.8) is 0 Å². The normalized spacial score (nSPS) is 19.8. The summed E-state index contributed by atoms with van der Waals surface area (Å²) in [6.07, 6.45) is -0.764. The first-order valence-corrected chi connectivity index (χ1v) is 10.7. The molecule has 1 saturated heterocycles. The minimum atomic E-state index is -1.52. The van der Waals surface area contributed by atoms with Crippen LogP contribution in [0.15, 0.2) is 46.5 Å². The third-order valence-corrected chi connectivity index (χ3v) is 6.42. The number of carboxylic acids is 1. The Morgan fingerprint density at radius 1 is 1.26 bits per heavy atom. The van der Waals surface area contributed by atoms with Gasteiger partial charge in [-0.15, -0.1) is 0 Å². The smallest absolute Gasteiger partial charge is 0.543 e. The number of nitrogens with two attached hydrogens (primary N) is 1. The Morgan fingerprint density at radius 3 is 2.63 bits per heavy atom. The predicted octanol–water partition coefficient (Wildman–Crippen LogP) is -3.12. The second-order valence-corrected chi connectivity index (χ2v) is 8.51. The molecule has 174 valence electrons.